The molecule has 1 saturated heterocycles. The van der Waals surface area contributed by atoms with Crippen LogP contribution < -0.4 is 5.32 Å². The summed E-state index contributed by atoms with van der Waals surface area (Å²) in [4.78, 5) is 14.5. The van der Waals surface area contributed by atoms with E-state index in [2.05, 4.69) is 12.2 Å². The second kappa shape index (κ2) is 6.71. The SMILES string of the molecule is CCCNC1CCCN(C(=O)c2cccc(C)c2)C1. The maximum Gasteiger partial charge on any atom is 0.253 e. The Kier molecular flexibility index (Phi) is 4.97. The van der Waals surface area contributed by atoms with Gasteiger partial charge in [-0.3, -0.25) is 4.79 Å². The maximum atomic E-state index is 12.5. The quantitative estimate of drug-likeness (QED) is 0.902. The molecule has 1 atom stereocenters. The van der Waals surface area contributed by atoms with Crippen molar-refractivity contribution in [3.63, 3.8) is 0 Å². The number of aryl methyl sites for hydroxylation is 1. The summed E-state index contributed by atoms with van der Waals surface area (Å²) in [5.41, 5.74) is 1.96. The molecule has 3 heteroatoms. The summed E-state index contributed by atoms with van der Waals surface area (Å²) in [6.45, 7) is 6.96. The molecule has 19 heavy (non-hydrogen) atoms. The Morgan fingerprint density at radius 3 is 3.05 bits per heavy atom. The van der Waals surface area contributed by atoms with Crippen LogP contribution in [0.3, 0.4) is 0 Å². The van der Waals surface area contributed by atoms with Gasteiger partial charge in [-0.05, 0) is 44.9 Å². The first-order chi connectivity index (χ1) is 9.20. The Labute approximate surface area is 116 Å². The summed E-state index contributed by atoms with van der Waals surface area (Å²) in [6.07, 6.45) is 3.42. The van der Waals surface area contributed by atoms with Crippen LogP contribution in [0.2, 0.25) is 0 Å². The summed E-state index contributed by atoms with van der Waals surface area (Å²) < 4.78 is 0. The highest BCUT2D eigenvalue weighted by Gasteiger charge is 2.23. The Hall–Kier alpha value is -1.35. The highest BCUT2D eigenvalue weighted by Crippen LogP contribution is 2.14. The van der Waals surface area contributed by atoms with Crippen molar-refractivity contribution in [2.45, 2.75) is 39.2 Å². The molecule has 1 aromatic carbocycles. The molecule has 0 aromatic heterocycles. The van der Waals surface area contributed by atoms with Crippen LogP contribution in [-0.4, -0.2) is 36.5 Å². The first-order valence-corrected chi connectivity index (χ1v) is 7.30. The van der Waals surface area contributed by atoms with Crippen LogP contribution in [0.5, 0.6) is 0 Å². The van der Waals surface area contributed by atoms with Gasteiger partial charge in [0.15, 0.2) is 0 Å². The number of amides is 1. The maximum absolute atomic E-state index is 12.5. The predicted molar refractivity (Wildman–Crippen MR) is 78.4 cm³/mol. The molecule has 1 heterocycles. The third kappa shape index (κ3) is 3.80. The van der Waals surface area contributed by atoms with Gasteiger partial charge in [0.2, 0.25) is 0 Å². The Balaban J connectivity index is 1.99. The second-order valence-electron chi connectivity index (χ2n) is 5.41. The lowest BCUT2D eigenvalue weighted by Gasteiger charge is -2.33. The fraction of sp³-hybridized carbons (Fsp3) is 0.562. The molecular weight excluding hydrogens is 236 g/mol. The highest BCUT2D eigenvalue weighted by molar-refractivity contribution is 5.94. The number of carbonyl (C=O) groups is 1. The van der Waals surface area contributed by atoms with Gasteiger partial charge in [-0.1, -0.05) is 24.6 Å². The number of carbonyl (C=O) groups excluding carboxylic acids is 1. The highest BCUT2D eigenvalue weighted by atomic mass is 16.2. The molecule has 0 saturated carbocycles. The number of benzene rings is 1. The predicted octanol–water partition coefficient (Wildman–Crippen LogP) is 2.60. The van der Waals surface area contributed by atoms with Crippen molar-refractivity contribution < 1.29 is 4.79 Å². The minimum atomic E-state index is 0.173. The van der Waals surface area contributed by atoms with E-state index in [9.17, 15) is 4.79 Å². The lowest BCUT2D eigenvalue weighted by Crippen LogP contribution is -2.48. The van der Waals surface area contributed by atoms with Gasteiger partial charge in [-0.25, -0.2) is 0 Å². The number of hydrogen-bond donors (Lipinski definition) is 1. The summed E-state index contributed by atoms with van der Waals surface area (Å²) in [6, 6.07) is 8.34. The Morgan fingerprint density at radius 2 is 2.32 bits per heavy atom. The van der Waals surface area contributed by atoms with Crippen LogP contribution in [0.1, 0.15) is 42.1 Å². The summed E-state index contributed by atoms with van der Waals surface area (Å²) >= 11 is 0. The molecule has 104 valence electrons. The molecule has 1 aromatic rings. The minimum Gasteiger partial charge on any atom is -0.337 e. The Bertz CT molecular complexity index is 431. The molecule has 2 rings (SSSR count). The fourth-order valence-corrected chi connectivity index (χ4v) is 2.64. The zero-order chi connectivity index (χ0) is 13.7. The largest absolute Gasteiger partial charge is 0.337 e. The van der Waals surface area contributed by atoms with Crippen molar-refractivity contribution in [3.05, 3.63) is 35.4 Å². The molecule has 1 aliphatic heterocycles. The minimum absolute atomic E-state index is 0.173. The summed E-state index contributed by atoms with van der Waals surface area (Å²) in [5.74, 6) is 0.173. The van der Waals surface area contributed by atoms with Gasteiger partial charge < -0.3 is 10.2 Å². The van der Waals surface area contributed by atoms with Gasteiger partial charge in [-0.15, -0.1) is 0 Å². The van der Waals surface area contributed by atoms with Crippen LogP contribution in [0.4, 0.5) is 0 Å². The topological polar surface area (TPSA) is 32.3 Å². The first-order valence-electron chi connectivity index (χ1n) is 7.30. The van der Waals surface area contributed by atoms with Crippen LogP contribution in [0, 0.1) is 6.92 Å². The van der Waals surface area contributed by atoms with Crippen LogP contribution >= 0.6 is 0 Å². The van der Waals surface area contributed by atoms with E-state index >= 15 is 0 Å². The molecule has 3 nitrogen and oxygen atoms in total. The first kappa shape index (κ1) is 14.1. The zero-order valence-electron chi connectivity index (χ0n) is 12.0. The molecule has 1 amide bonds. The van der Waals surface area contributed by atoms with Crippen molar-refractivity contribution in [1.82, 2.24) is 10.2 Å². The molecular formula is C16H24N2O. The second-order valence-corrected chi connectivity index (χ2v) is 5.41. The normalized spacial score (nSPS) is 19.5. The fourth-order valence-electron chi connectivity index (χ4n) is 2.64. The van der Waals surface area contributed by atoms with E-state index in [1.165, 1.54) is 6.42 Å². The van der Waals surface area contributed by atoms with E-state index in [1.54, 1.807) is 0 Å². The summed E-state index contributed by atoms with van der Waals surface area (Å²) in [5, 5.41) is 3.53. The molecule has 1 aliphatic rings. The average molecular weight is 260 g/mol. The van der Waals surface area contributed by atoms with Gasteiger partial charge in [0, 0.05) is 24.7 Å². The number of nitrogens with one attached hydrogen (secondary N) is 1. The number of rotatable bonds is 4. The van der Waals surface area contributed by atoms with Crippen molar-refractivity contribution >= 4 is 5.91 Å². The van der Waals surface area contributed by atoms with Gasteiger partial charge in [0.05, 0.1) is 0 Å². The van der Waals surface area contributed by atoms with E-state index in [4.69, 9.17) is 0 Å². The van der Waals surface area contributed by atoms with Crippen LogP contribution in [-0.2, 0) is 0 Å². The van der Waals surface area contributed by atoms with Crippen molar-refractivity contribution in [1.29, 1.82) is 0 Å². The lowest BCUT2D eigenvalue weighted by molar-refractivity contribution is 0.0695. The van der Waals surface area contributed by atoms with Gasteiger partial charge in [0.25, 0.3) is 5.91 Å². The smallest absolute Gasteiger partial charge is 0.253 e. The lowest BCUT2D eigenvalue weighted by atomic mass is 10.0. The van der Waals surface area contributed by atoms with Crippen molar-refractivity contribution in [3.8, 4) is 0 Å². The van der Waals surface area contributed by atoms with Crippen molar-refractivity contribution in [2.24, 2.45) is 0 Å². The summed E-state index contributed by atoms with van der Waals surface area (Å²) in [7, 11) is 0. The van der Waals surface area contributed by atoms with E-state index in [1.807, 2.05) is 36.1 Å². The van der Waals surface area contributed by atoms with E-state index in [-0.39, 0.29) is 5.91 Å². The molecule has 0 spiro atoms. The van der Waals surface area contributed by atoms with Gasteiger partial charge >= 0.3 is 0 Å². The van der Waals surface area contributed by atoms with Crippen LogP contribution in [0.25, 0.3) is 0 Å². The van der Waals surface area contributed by atoms with Crippen LogP contribution in [0.15, 0.2) is 24.3 Å². The number of hydrogen-bond acceptors (Lipinski definition) is 2. The average Bonchev–Trinajstić information content (AvgIpc) is 2.44. The van der Waals surface area contributed by atoms with Gasteiger partial charge in [-0.2, -0.15) is 0 Å². The molecule has 1 fully saturated rings. The molecule has 0 radical (unpaired) electrons. The number of likely N-dealkylation sites (tertiary alicyclic amines) is 1. The molecule has 1 unspecified atom stereocenters. The number of piperidine rings is 1. The third-order valence-corrected chi connectivity index (χ3v) is 3.66. The van der Waals surface area contributed by atoms with Crippen molar-refractivity contribution in [2.75, 3.05) is 19.6 Å². The molecule has 0 bridgehead atoms. The van der Waals surface area contributed by atoms with E-state index in [0.717, 1.165) is 43.6 Å². The Morgan fingerprint density at radius 1 is 1.47 bits per heavy atom. The van der Waals surface area contributed by atoms with E-state index < -0.39 is 0 Å². The zero-order valence-corrected chi connectivity index (χ0v) is 12.0. The monoisotopic (exact) mass is 260 g/mol. The molecule has 1 N–H and O–H groups in total. The third-order valence-electron chi connectivity index (χ3n) is 3.66. The van der Waals surface area contributed by atoms with E-state index in [0.29, 0.717) is 6.04 Å². The number of nitrogens with zero attached hydrogens (tertiary/aromatic N) is 1. The molecule has 0 aliphatic carbocycles. The standard InChI is InChI=1S/C16H24N2O/c1-3-9-17-15-8-5-10-18(12-15)16(19)14-7-4-6-13(2)11-14/h4,6-7,11,15,17H,3,5,8-10,12H2,1-2H3. The van der Waals surface area contributed by atoms with Gasteiger partial charge in [0.1, 0.15) is 0 Å².